The molecule has 0 unspecified atom stereocenters. The number of hydrogen-bond acceptors (Lipinski definition) is 1. The summed E-state index contributed by atoms with van der Waals surface area (Å²) in [4.78, 5) is 0. The van der Waals surface area contributed by atoms with E-state index < -0.39 is 0 Å². The van der Waals surface area contributed by atoms with Gasteiger partial charge in [-0.05, 0) is 41.8 Å². The Labute approximate surface area is 124 Å². The Hall–Kier alpha value is -1.77. The van der Waals surface area contributed by atoms with E-state index in [-0.39, 0.29) is 0 Å². The van der Waals surface area contributed by atoms with Crippen LogP contribution >= 0.6 is 11.6 Å². The maximum atomic E-state index is 6.06. The summed E-state index contributed by atoms with van der Waals surface area (Å²) < 4.78 is 2.29. The highest BCUT2D eigenvalue weighted by Gasteiger charge is 2.06. The number of rotatable bonds is 4. The largest absolute Gasteiger partial charge is 0.343 e. The first-order chi connectivity index (χ1) is 9.78. The minimum Gasteiger partial charge on any atom is -0.343 e. The maximum Gasteiger partial charge on any atom is 0.0529 e. The van der Waals surface area contributed by atoms with E-state index in [1.165, 1.54) is 22.0 Å². The topological polar surface area (TPSA) is 17.0 Å². The Kier molecular flexibility index (Phi) is 3.77. The van der Waals surface area contributed by atoms with E-state index in [0.717, 1.165) is 18.1 Å². The van der Waals surface area contributed by atoms with E-state index in [1.807, 2.05) is 25.2 Å². The highest BCUT2D eigenvalue weighted by atomic mass is 35.5. The third kappa shape index (κ3) is 2.58. The van der Waals surface area contributed by atoms with Crippen LogP contribution in [0.25, 0.3) is 10.9 Å². The Morgan fingerprint density at radius 2 is 1.95 bits per heavy atom. The van der Waals surface area contributed by atoms with E-state index >= 15 is 0 Å². The van der Waals surface area contributed by atoms with Gasteiger partial charge in [0.25, 0.3) is 0 Å². The summed E-state index contributed by atoms with van der Waals surface area (Å²) in [5, 5.41) is 5.30. The van der Waals surface area contributed by atoms with Crippen molar-refractivity contribution in [2.45, 2.75) is 13.1 Å². The van der Waals surface area contributed by atoms with Crippen LogP contribution in [-0.4, -0.2) is 11.6 Å². The molecule has 0 atom stereocenters. The van der Waals surface area contributed by atoms with Gasteiger partial charge in [0.15, 0.2) is 0 Å². The van der Waals surface area contributed by atoms with E-state index in [9.17, 15) is 0 Å². The second-order valence-electron chi connectivity index (χ2n) is 4.96. The van der Waals surface area contributed by atoms with Crippen molar-refractivity contribution in [3.63, 3.8) is 0 Å². The summed E-state index contributed by atoms with van der Waals surface area (Å²) in [5.41, 5.74) is 3.83. The molecule has 0 fully saturated rings. The van der Waals surface area contributed by atoms with Crippen LogP contribution in [0.15, 0.2) is 54.7 Å². The quantitative estimate of drug-likeness (QED) is 0.764. The molecule has 3 rings (SSSR count). The van der Waals surface area contributed by atoms with Crippen molar-refractivity contribution < 1.29 is 0 Å². The van der Waals surface area contributed by atoms with Crippen LogP contribution in [0.4, 0.5) is 0 Å². The molecule has 102 valence electrons. The summed E-state index contributed by atoms with van der Waals surface area (Å²) in [5.74, 6) is 0. The third-order valence-electron chi connectivity index (χ3n) is 3.48. The molecule has 3 heteroatoms. The molecule has 2 aromatic carbocycles. The molecule has 0 saturated heterocycles. The fourth-order valence-corrected chi connectivity index (χ4v) is 2.85. The standard InChI is InChI=1S/C17H17ClN2/c1-19-11-15-6-3-5-14-8-9-20(17(14)15)12-13-4-2-7-16(18)10-13/h2-10,19H,11-12H2,1H3. The lowest BCUT2D eigenvalue weighted by Crippen LogP contribution is -2.07. The minimum absolute atomic E-state index is 0.786. The van der Waals surface area contributed by atoms with E-state index in [1.54, 1.807) is 0 Å². The van der Waals surface area contributed by atoms with Crippen molar-refractivity contribution in [3.8, 4) is 0 Å². The van der Waals surface area contributed by atoms with Crippen molar-refractivity contribution in [1.29, 1.82) is 0 Å². The molecule has 0 amide bonds. The molecule has 0 spiro atoms. The fraction of sp³-hybridized carbons (Fsp3) is 0.176. The first-order valence-electron chi connectivity index (χ1n) is 6.74. The number of nitrogens with one attached hydrogen (secondary N) is 1. The van der Waals surface area contributed by atoms with Crippen LogP contribution in [0, 0.1) is 0 Å². The second-order valence-corrected chi connectivity index (χ2v) is 5.40. The number of benzene rings is 2. The van der Waals surface area contributed by atoms with Gasteiger partial charge in [-0.25, -0.2) is 0 Å². The Morgan fingerprint density at radius 3 is 2.75 bits per heavy atom. The highest BCUT2D eigenvalue weighted by molar-refractivity contribution is 6.30. The zero-order chi connectivity index (χ0) is 13.9. The minimum atomic E-state index is 0.786. The molecule has 0 aliphatic heterocycles. The first-order valence-corrected chi connectivity index (χ1v) is 7.11. The Morgan fingerprint density at radius 1 is 1.10 bits per heavy atom. The number of para-hydroxylation sites is 1. The van der Waals surface area contributed by atoms with Gasteiger partial charge in [-0.15, -0.1) is 0 Å². The monoisotopic (exact) mass is 284 g/mol. The molecule has 0 radical (unpaired) electrons. The predicted molar refractivity (Wildman–Crippen MR) is 85.3 cm³/mol. The van der Waals surface area contributed by atoms with Crippen LogP contribution in [0.5, 0.6) is 0 Å². The smallest absolute Gasteiger partial charge is 0.0529 e. The average Bonchev–Trinajstić information content (AvgIpc) is 2.84. The van der Waals surface area contributed by atoms with Crippen LogP contribution in [0.1, 0.15) is 11.1 Å². The second kappa shape index (κ2) is 5.70. The van der Waals surface area contributed by atoms with Gasteiger partial charge in [-0.3, -0.25) is 0 Å². The Balaban J connectivity index is 2.03. The Bertz CT molecular complexity index is 731. The van der Waals surface area contributed by atoms with Crippen LogP contribution < -0.4 is 5.32 Å². The average molecular weight is 285 g/mol. The van der Waals surface area contributed by atoms with Crippen molar-refractivity contribution in [2.24, 2.45) is 0 Å². The van der Waals surface area contributed by atoms with E-state index in [4.69, 9.17) is 11.6 Å². The normalized spacial score (nSPS) is 11.1. The van der Waals surface area contributed by atoms with E-state index in [2.05, 4.69) is 46.4 Å². The van der Waals surface area contributed by atoms with E-state index in [0.29, 0.717) is 0 Å². The van der Waals surface area contributed by atoms with Crippen molar-refractivity contribution >= 4 is 22.5 Å². The molecule has 0 aliphatic rings. The molecule has 0 bridgehead atoms. The molecule has 3 aromatic rings. The SMILES string of the molecule is CNCc1cccc2ccn(Cc3cccc(Cl)c3)c12. The maximum absolute atomic E-state index is 6.06. The van der Waals surface area contributed by atoms with Gasteiger partial charge < -0.3 is 9.88 Å². The van der Waals surface area contributed by atoms with Gasteiger partial charge in [0.2, 0.25) is 0 Å². The van der Waals surface area contributed by atoms with Gasteiger partial charge in [0, 0.05) is 24.3 Å². The predicted octanol–water partition coefficient (Wildman–Crippen LogP) is 4.06. The van der Waals surface area contributed by atoms with Crippen molar-refractivity contribution in [1.82, 2.24) is 9.88 Å². The lowest BCUT2D eigenvalue weighted by Gasteiger charge is -2.10. The highest BCUT2D eigenvalue weighted by Crippen LogP contribution is 2.22. The molecule has 1 heterocycles. The summed E-state index contributed by atoms with van der Waals surface area (Å²) in [6.07, 6.45) is 2.14. The van der Waals surface area contributed by atoms with Gasteiger partial charge in [-0.2, -0.15) is 0 Å². The lowest BCUT2D eigenvalue weighted by atomic mass is 10.1. The molecule has 20 heavy (non-hydrogen) atoms. The number of fused-ring (bicyclic) bond motifs is 1. The summed E-state index contributed by atoms with van der Waals surface area (Å²) in [7, 11) is 1.98. The van der Waals surface area contributed by atoms with Gasteiger partial charge in [-0.1, -0.05) is 41.9 Å². The zero-order valence-corrected chi connectivity index (χ0v) is 12.2. The number of aromatic nitrogens is 1. The molecular formula is C17H17ClN2. The lowest BCUT2D eigenvalue weighted by molar-refractivity contribution is 0.796. The molecule has 1 aromatic heterocycles. The number of nitrogens with zero attached hydrogens (tertiary/aromatic N) is 1. The first kappa shape index (κ1) is 13.2. The molecule has 0 aliphatic carbocycles. The van der Waals surface area contributed by atoms with Crippen LogP contribution in [0.3, 0.4) is 0 Å². The van der Waals surface area contributed by atoms with Gasteiger partial charge in [0.1, 0.15) is 0 Å². The summed E-state index contributed by atoms with van der Waals surface area (Å²) in [6, 6.07) is 16.6. The van der Waals surface area contributed by atoms with Gasteiger partial charge in [0.05, 0.1) is 5.52 Å². The summed E-state index contributed by atoms with van der Waals surface area (Å²) in [6.45, 7) is 1.71. The van der Waals surface area contributed by atoms with Crippen LogP contribution in [0.2, 0.25) is 5.02 Å². The van der Waals surface area contributed by atoms with Crippen molar-refractivity contribution in [2.75, 3.05) is 7.05 Å². The number of hydrogen-bond donors (Lipinski definition) is 1. The third-order valence-corrected chi connectivity index (χ3v) is 3.72. The zero-order valence-electron chi connectivity index (χ0n) is 11.4. The molecule has 2 nitrogen and oxygen atoms in total. The van der Waals surface area contributed by atoms with Crippen LogP contribution in [-0.2, 0) is 13.1 Å². The molecule has 1 N–H and O–H groups in total. The molecular weight excluding hydrogens is 268 g/mol. The van der Waals surface area contributed by atoms with Crippen molar-refractivity contribution in [3.05, 3.63) is 70.9 Å². The summed E-state index contributed by atoms with van der Waals surface area (Å²) >= 11 is 6.06. The fourth-order valence-electron chi connectivity index (χ4n) is 2.64. The number of halogens is 1. The van der Waals surface area contributed by atoms with Gasteiger partial charge >= 0.3 is 0 Å². The molecule has 0 saturated carbocycles.